The first-order valence-corrected chi connectivity index (χ1v) is 10.1. The van der Waals surface area contributed by atoms with Gasteiger partial charge in [0.1, 0.15) is 5.82 Å². The van der Waals surface area contributed by atoms with Crippen LogP contribution in [0, 0.1) is 5.92 Å². The number of carbonyl (C=O) groups is 1. The second-order valence-corrected chi connectivity index (χ2v) is 7.80. The van der Waals surface area contributed by atoms with Gasteiger partial charge in [-0.2, -0.15) is 16.4 Å². The zero-order valence-corrected chi connectivity index (χ0v) is 16.1. The summed E-state index contributed by atoms with van der Waals surface area (Å²) in [5.74, 6) is 1.42. The van der Waals surface area contributed by atoms with Crippen LogP contribution in [0.2, 0.25) is 0 Å². The van der Waals surface area contributed by atoms with Crippen LogP contribution in [0.1, 0.15) is 36.9 Å². The summed E-state index contributed by atoms with van der Waals surface area (Å²) in [6.45, 7) is 3.22. The van der Waals surface area contributed by atoms with E-state index in [-0.39, 0.29) is 6.03 Å². The van der Waals surface area contributed by atoms with Gasteiger partial charge in [0.2, 0.25) is 0 Å². The highest BCUT2D eigenvalue weighted by Gasteiger charge is 2.31. The number of urea groups is 1. The van der Waals surface area contributed by atoms with Gasteiger partial charge < -0.3 is 4.90 Å². The molecule has 0 saturated heterocycles. The number of pyridine rings is 1. The van der Waals surface area contributed by atoms with Crippen molar-refractivity contribution in [1.82, 2.24) is 19.7 Å². The Labute approximate surface area is 162 Å². The molecule has 0 radical (unpaired) electrons. The zero-order chi connectivity index (χ0) is 18.6. The smallest absolute Gasteiger partial charge is 0.316 e. The fourth-order valence-corrected chi connectivity index (χ4v) is 3.88. The quantitative estimate of drug-likeness (QED) is 0.653. The van der Waals surface area contributed by atoms with Gasteiger partial charge in [-0.25, -0.2) is 9.48 Å². The van der Waals surface area contributed by atoms with Gasteiger partial charge in [-0.3, -0.25) is 10.3 Å². The van der Waals surface area contributed by atoms with Gasteiger partial charge in [-0.1, -0.05) is 6.07 Å². The number of hydrogen-bond donors (Lipinski definition) is 1. The summed E-state index contributed by atoms with van der Waals surface area (Å²) < 4.78 is 1.93. The molecule has 140 valence electrons. The van der Waals surface area contributed by atoms with Gasteiger partial charge in [0.25, 0.3) is 0 Å². The lowest BCUT2D eigenvalue weighted by Crippen LogP contribution is -2.34. The molecule has 0 bridgehead atoms. The van der Waals surface area contributed by atoms with Crippen molar-refractivity contribution in [3.63, 3.8) is 0 Å². The van der Waals surface area contributed by atoms with Crippen molar-refractivity contribution in [3.05, 3.63) is 64.7 Å². The number of carbonyl (C=O) groups excluding carboxylic acids is 1. The van der Waals surface area contributed by atoms with Gasteiger partial charge in [0.15, 0.2) is 0 Å². The first kappa shape index (κ1) is 17.7. The Bertz CT molecular complexity index is 873. The van der Waals surface area contributed by atoms with Crippen LogP contribution >= 0.6 is 11.3 Å². The first-order valence-electron chi connectivity index (χ1n) is 9.20. The number of nitrogens with zero attached hydrogens (tertiary/aromatic N) is 4. The summed E-state index contributed by atoms with van der Waals surface area (Å²) in [6, 6.07) is 7.97. The van der Waals surface area contributed by atoms with Gasteiger partial charge in [-0.05, 0) is 59.7 Å². The third kappa shape index (κ3) is 4.36. The molecule has 1 fully saturated rings. The second kappa shape index (κ2) is 7.92. The third-order valence-electron chi connectivity index (χ3n) is 4.93. The summed E-state index contributed by atoms with van der Waals surface area (Å²) in [4.78, 5) is 19.0. The third-order valence-corrected chi connectivity index (χ3v) is 5.66. The fourth-order valence-electron chi connectivity index (χ4n) is 3.22. The normalized spacial score (nSPS) is 14.7. The molecule has 4 rings (SSSR count). The first-order chi connectivity index (χ1) is 13.2. The van der Waals surface area contributed by atoms with Crippen LogP contribution in [0.4, 0.5) is 10.6 Å². The molecule has 6 nitrogen and oxygen atoms in total. The molecule has 0 aliphatic heterocycles. The second-order valence-electron chi connectivity index (χ2n) is 7.02. The summed E-state index contributed by atoms with van der Waals surface area (Å²) in [5.41, 5.74) is 2.13. The molecule has 1 saturated carbocycles. The molecule has 7 heteroatoms. The minimum Gasteiger partial charge on any atom is -0.316 e. The molecule has 0 aromatic carbocycles. The molecule has 3 aromatic rings. The molecule has 1 N–H and O–H groups in total. The molecule has 2 amide bonds. The predicted molar refractivity (Wildman–Crippen MR) is 106 cm³/mol. The molecule has 1 aliphatic rings. The number of hydrogen-bond acceptors (Lipinski definition) is 4. The predicted octanol–water partition coefficient (Wildman–Crippen LogP) is 4.54. The number of rotatable bonds is 7. The Morgan fingerprint density at radius 1 is 1.30 bits per heavy atom. The van der Waals surface area contributed by atoms with Crippen molar-refractivity contribution >= 4 is 23.2 Å². The van der Waals surface area contributed by atoms with Crippen molar-refractivity contribution in [2.24, 2.45) is 5.92 Å². The number of aromatic nitrogens is 3. The van der Waals surface area contributed by atoms with E-state index >= 15 is 0 Å². The summed E-state index contributed by atoms with van der Waals surface area (Å²) >= 11 is 1.64. The highest BCUT2D eigenvalue weighted by Crippen LogP contribution is 2.40. The molecule has 27 heavy (non-hydrogen) atoms. The maximum Gasteiger partial charge on any atom is 0.323 e. The van der Waals surface area contributed by atoms with Crippen LogP contribution in [0.3, 0.4) is 0 Å². The number of thiophene rings is 1. The van der Waals surface area contributed by atoms with Crippen LogP contribution in [0.15, 0.2) is 53.6 Å². The minimum atomic E-state index is -0.130. The maximum absolute atomic E-state index is 13.1. The average Bonchev–Trinajstić information content (AvgIpc) is 3.21. The molecular formula is C20H23N5OS. The number of nitrogens with one attached hydrogen (secondary N) is 1. The van der Waals surface area contributed by atoms with E-state index in [0.717, 1.165) is 16.9 Å². The summed E-state index contributed by atoms with van der Waals surface area (Å²) in [6.07, 6.45) is 7.76. The number of anilines is 1. The average molecular weight is 382 g/mol. The lowest BCUT2D eigenvalue weighted by molar-refractivity contribution is 0.206. The van der Waals surface area contributed by atoms with Crippen molar-refractivity contribution in [2.45, 2.75) is 38.9 Å². The van der Waals surface area contributed by atoms with Crippen molar-refractivity contribution in [1.29, 1.82) is 0 Å². The lowest BCUT2D eigenvalue weighted by atomic mass is 10.2. The van der Waals surface area contributed by atoms with Gasteiger partial charge in [0, 0.05) is 31.5 Å². The van der Waals surface area contributed by atoms with E-state index < -0.39 is 0 Å². The maximum atomic E-state index is 13.1. The van der Waals surface area contributed by atoms with Crippen LogP contribution in [0.25, 0.3) is 0 Å². The van der Waals surface area contributed by atoms with E-state index in [1.165, 1.54) is 12.8 Å². The standard InChI is InChI=1S/C20H23N5OS/c1-15(18-4-5-18)25-19(6-9-22-25)23-20(26)24(13-17-7-10-27-14-17)12-16-3-2-8-21-11-16/h2-3,6-11,14-15,18H,4-5,12-13H2,1H3,(H,23,26)/t15-/m1/s1. The Morgan fingerprint density at radius 2 is 2.15 bits per heavy atom. The van der Waals surface area contributed by atoms with E-state index in [4.69, 9.17) is 0 Å². The van der Waals surface area contributed by atoms with Gasteiger partial charge in [-0.15, -0.1) is 0 Å². The Morgan fingerprint density at radius 3 is 2.85 bits per heavy atom. The summed E-state index contributed by atoms with van der Waals surface area (Å²) in [5, 5.41) is 11.6. The van der Waals surface area contributed by atoms with E-state index in [1.54, 1.807) is 34.8 Å². The van der Waals surface area contributed by atoms with Crippen molar-refractivity contribution in [2.75, 3.05) is 5.32 Å². The van der Waals surface area contributed by atoms with Crippen LogP contribution in [0.5, 0.6) is 0 Å². The molecule has 1 atom stereocenters. The highest BCUT2D eigenvalue weighted by molar-refractivity contribution is 7.07. The van der Waals surface area contributed by atoms with Gasteiger partial charge >= 0.3 is 6.03 Å². The van der Waals surface area contributed by atoms with Crippen molar-refractivity contribution in [3.8, 4) is 0 Å². The molecule has 0 unspecified atom stereocenters. The topological polar surface area (TPSA) is 63.1 Å². The van der Waals surface area contributed by atoms with E-state index in [9.17, 15) is 4.79 Å². The lowest BCUT2D eigenvalue weighted by Gasteiger charge is -2.24. The zero-order valence-electron chi connectivity index (χ0n) is 15.3. The largest absolute Gasteiger partial charge is 0.323 e. The van der Waals surface area contributed by atoms with E-state index in [2.05, 4.69) is 27.7 Å². The Hall–Kier alpha value is -2.67. The molecular weight excluding hydrogens is 358 g/mol. The Balaban J connectivity index is 1.50. The van der Waals surface area contributed by atoms with Crippen LogP contribution < -0.4 is 5.32 Å². The molecule has 0 spiro atoms. The van der Waals surface area contributed by atoms with E-state index in [0.29, 0.717) is 25.0 Å². The molecule has 3 heterocycles. The SMILES string of the molecule is C[C@H](C1CC1)n1nccc1NC(=O)N(Cc1cccnc1)Cc1ccsc1. The fraction of sp³-hybridized carbons (Fsp3) is 0.350. The van der Waals surface area contributed by atoms with Gasteiger partial charge in [0.05, 0.1) is 12.2 Å². The number of amides is 2. The molecule has 1 aliphatic carbocycles. The minimum absolute atomic E-state index is 0.130. The van der Waals surface area contributed by atoms with Crippen LogP contribution in [-0.2, 0) is 13.1 Å². The highest BCUT2D eigenvalue weighted by atomic mass is 32.1. The summed E-state index contributed by atoms with van der Waals surface area (Å²) in [7, 11) is 0. The van der Waals surface area contributed by atoms with Crippen molar-refractivity contribution < 1.29 is 4.79 Å². The Kier molecular flexibility index (Phi) is 5.20. The van der Waals surface area contributed by atoms with Crippen LogP contribution in [-0.4, -0.2) is 25.7 Å². The molecule has 3 aromatic heterocycles. The monoisotopic (exact) mass is 381 g/mol. The van der Waals surface area contributed by atoms with E-state index in [1.807, 2.05) is 34.3 Å².